The van der Waals surface area contributed by atoms with Crippen LogP contribution in [-0.4, -0.2) is 4.98 Å². The molecule has 10 heavy (non-hydrogen) atoms. The summed E-state index contributed by atoms with van der Waals surface area (Å²) in [6, 6.07) is 0. The number of rotatable bonds is 1. The van der Waals surface area contributed by atoms with E-state index in [1.807, 2.05) is 12.3 Å². The van der Waals surface area contributed by atoms with Crippen molar-refractivity contribution < 1.29 is 4.39 Å². The van der Waals surface area contributed by atoms with E-state index in [0.717, 1.165) is 5.01 Å². The molecule has 0 saturated heterocycles. The van der Waals surface area contributed by atoms with Crippen LogP contribution in [0.1, 0.15) is 23.5 Å². The fourth-order valence-corrected chi connectivity index (χ4v) is 1.63. The van der Waals surface area contributed by atoms with Crippen molar-refractivity contribution in [2.75, 3.05) is 0 Å². The van der Waals surface area contributed by atoms with E-state index in [1.165, 1.54) is 11.3 Å². The number of hydrogen-bond donors (Lipinski definition) is 0. The first-order valence-corrected chi connectivity index (χ1v) is 4.20. The topological polar surface area (TPSA) is 12.9 Å². The van der Waals surface area contributed by atoms with Crippen molar-refractivity contribution >= 4 is 11.3 Å². The fraction of sp³-hybridized carbons (Fsp3) is 0.571. The van der Waals surface area contributed by atoms with E-state index in [2.05, 4.69) is 4.98 Å². The number of nitrogens with zero attached hydrogens (tertiary/aromatic N) is 1. The molecule has 0 aromatic carbocycles. The number of thiazole rings is 1. The van der Waals surface area contributed by atoms with Crippen molar-refractivity contribution in [3.8, 4) is 0 Å². The molecule has 1 aliphatic rings. The summed E-state index contributed by atoms with van der Waals surface area (Å²) < 4.78 is 13.2. The van der Waals surface area contributed by atoms with Crippen LogP contribution in [0.3, 0.4) is 0 Å². The maximum Gasteiger partial charge on any atom is 0.153 e. The summed E-state index contributed by atoms with van der Waals surface area (Å²) in [5, 5.41) is 2.78. The number of aryl methyl sites for hydroxylation is 1. The predicted octanol–water partition coefficient (Wildman–Crippen LogP) is 2.41. The molecule has 0 aliphatic heterocycles. The number of alkyl halides is 1. The third-order valence-corrected chi connectivity index (χ3v) is 2.54. The van der Waals surface area contributed by atoms with Gasteiger partial charge in [-0.05, 0) is 19.8 Å². The van der Waals surface area contributed by atoms with E-state index in [1.54, 1.807) is 0 Å². The Kier molecular flexibility index (Phi) is 1.12. The van der Waals surface area contributed by atoms with Gasteiger partial charge in [-0.3, -0.25) is 0 Å². The molecule has 1 aromatic rings. The second-order valence-corrected chi connectivity index (χ2v) is 3.78. The van der Waals surface area contributed by atoms with Gasteiger partial charge >= 0.3 is 0 Å². The van der Waals surface area contributed by atoms with Crippen molar-refractivity contribution in [1.82, 2.24) is 4.98 Å². The van der Waals surface area contributed by atoms with E-state index in [-0.39, 0.29) is 0 Å². The summed E-state index contributed by atoms with van der Waals surface area (Å²) >= 11 is 1.52. The van der Waals surface area contributed by atoms with Crippen LogP contribution in [0.2, 0.25) is 0 Å². The molecule has 1 saturated carbocycles. The van der Waals surface area contributed by atoms with Crippen molar-refractivity contribution in [3.05, 3.63) is 16.1 Å². The molecular formula is C7H8FNS. The minimum Gasteiger partial charge on any atom is -0.243 e. The Morgan fingerprint density at radius 1 is 1.70 bits per heavy atom. The van der Waals surface area contributed by atoms with Gasteiger partial charge < -0.3 is 0 Å². The van der Waals surface area contributed by atoms with Gasteiger partial charge in [0.2, 0.25) is 0 Å². The van der Waals surface area contributed by atoms with Gasteiger partial charge in [0.05, 0.1) is 10.7 Å². The van der Waals surface area contributed by atoms with E-state index in [9.17, 15) is 4.39 Å². The molecule has 1 fully saturated rings. The predicted molar refractivity (Wildman–Crippen MR) is 38.9 cm³/mol. The van der Waals surface area contributed by atoms with E-state index in [4.69, 9.17) is 0 Å². The lowest BCUT2D eigenvalue weighted by Gasteiger charge is -1.95. The second-order valence-electron chi connectivity index (χ2n) is 2.72. The maximum absolute atomic E-state index is 13.2. The Bertz CT molecular complexity index is 252. The van der Waals surface area contributed by atoms with Crippen molar-refractivity contribution in [1.29, 1.82) is 0 Å². The first-order chi connectivity index (χ1) is 4.71. The molecule has 0 radical (unpaired) electrons. The number of halogens is 1. The van der Waals surface area contributed by atoms with Gasteiger partial charge in [-0.1, -0.05) is 0 Å². The SMILES string of the molecule is Cc1nc(C2(F)CC2)cs1. The van der Waals surface area contributed by atoms with Crippen LogP contribution >= 0.6 is 11.3 Å². The van der Waals surface area contributed by atoms with Gasteiger partial charge in [0.15, 0.2) is 5.67 Å². The molecule has 0 unspecified atom stereocenters. The lowest BCUT2D eigenvalue weighted by molar-refractivity contribution is 0.310. The summed E-state index contributed by atoms with van der Waals surface area (Å²) in [6.07, 6.45) is 1.33. The van der Waals surface area contributed by atoms with E-state index in [0.29, 0.717) is 18.5 Å². The highest BCUT2D eigenvalue weighted by atomic mass is 32.1. The molecule has 0 N–H and O–H groups in total. The normalized spacial score (nSPS) is 21.0. The minimum atomic E-state index is -1.04. The van der Waals surface area contributed by atoms with Crippen molar-refractivity contribution in [2.24, 2.45) is 0 Å². The fourth-order valence-electron chi connectivity index (χ4n) is 0.935. The average Bonchev–Trinajstić information content (AvgIpc) is 2.45. The Morgan fingerprint density at radius 3 is 2.80 bits per heavy atom. The van der Waals surface area contributed by atoms with Gasteiger partial charge in [-0.2, -0.15) is 0 Å². The summed E-state index contributed by atoms with van der Waals surface area (Å²) in [7, 11) is 0. The molecule has 2 rings (SSSR count). The highest BCUT2D eigenvalue weighted by molar-refractivity contribution is 7.09. The van der Waals surface area contributed by atoms with Crippen molar-refractivity contribution in [3.63, 3.8) is 0 Å². The molecule has 54 valence electrons. The minimum absolute atomic E-state index is 0.648. The zero-order valence-electron chi connectivity index (χ0n) is 5.72. The van der Waals surface area contributed by atoms with Gasteiger partial charge in [0, 0.05) is 5.38 Å². The van der Waals surface area contributed by atoms with Crippen LogP contribution in [0, 0.1) is 6.92 Å². The molecule has 1 nitrogen and oxygen atoms in total. The number of hydrogen-bond acceptors (Lipinski definition) is 2. The van der Waals surface area contributed by atoms with Gasteiger partial charge in [0.1, 0.15) is 0 Å². The summed E-state index contributed by atoms with van der Waals surface area (Å²) in [6.45, 7) is 1.90. The lowest BCUT2D eigenvalue weighted by atomic mass is 10.3. The molecule has 0 spiro atoms. The van der Waals surface area contributed by atoms with Gasteiger partial charge in [0.25, 0.3) is 0 Å². The molecule has 1 aliphatic carbocycles. The van der Waals surface area contributed by atoms with Crippen molar-refractivity contribution in [2.45, 2.75) is 25.4 Å². The van der Waals surface area contributed by atoms with Gasteiger partial charge in [-0.25, -0.2) is 9.37 Å². The molecule has 0 bridgehead atoms. The third kappa shape index (κ3) is 0.850. The van der Waals surface area contributed by atoms with Crippen LogP contribution in [0.15, 0.2) is 5.38 Å². The molecule has 3 heteroatoms. The number of aromatic nitrogens is 1. The second kappa shape index (κ2) is 1.78. The van der Waals surface area contributed by atoms with E-state index < -0.39 is 5.67 Å². The highest BCUT2D eigenvalue weighted by Gasteiger charge is 2.46. The maximum atomic E-state index is 13.2. The zero-order chi connectivity index (χ0) is 7.19. The molecule has 0 atom stereocenters. The zero-order valence-corrected chi connectivity index (χ0v) is 6.54. The summed E-state index contributed by atoms with van der Waals surface area (Å²) in [5.74, 6) is 0. The van der Waals surface area contributed by atoms with Crippen LogP contribution in [0.5, 0.6) is 0 Å². The molecule has 0 amide bonds. The summed E-state index contributed by atoms with van der Waals surface area (Å²) in [5.41, 5.74) is -0.389. The molecule has 1 aromatic heterocycles. The lowest BCUT2D eigenvalue weighted by Crippen LogP contribution is -1.96. The van der Waals surface area contributed by atoms with Crippen LogP contribution in [0.25, 0.3) is 0 Å². The van der Waals surface area contributed by atoms with Crippen LogP contribution in [0.4, 0.5) is 4.39 Å². The first kappa shape index (κ1) is 6.28. The molecular weight excluding hydrogens is 149 g/mol. The Morgan fingerprint density at radius 2 is 2.40 bits per heavy atom. The Labute approximate surface area is 62.9 Å². The highest BCUT2D eigenvalue weighted by Crippen LogP contribution is 2.49. The van der Waals surface area contributed by atoms with Gasteiger partial charge in [-0.15, -0.1) is 11.3 Å². The monoisotopic (exact) mass is 157 g/mol. The first-order valence-electron chi connectivity index (χ1n) is 3.32. The average molecular weight is 157 g/mol. The third-order valence-electron chi connectivity index (χ3n) is 1.77. The smallest absolute Gasteiger partial charge is 0.153 e. The Hall–Kier alpha value is -0.440. The standard InChI is InChI=1S/C7H8FNS/c1-5-9-6(4-10-5)7(8)2-3-7/h4H,2-3H2,1H3. The largest absolute Gasteiger partial charge is 0.243 e. The van der Waals surface area contributed by atoms with E-state index >= 15 is 0 Å². The summed E-state index contributed by atoms with van der Waals surface area (Å²) in [4.78, 5) is 4.09. The quantitative estimate of drug-likeness (QED) is 0.610. The molecule has 1 heterocycles. The Balaban J connectivity index is 2.34. The van der Waals surface area contributed by atoms with Crippen LogP contribution in [-0.2, 0) is 5.67 Å². The van der Waals surface area contributed by atoms with Crippen LogP contribution < -0.4 is 0 Å².